The highest BCUT2D eigenvalue weighted by atomic mass is 16.6. The maximum atomic E-state index is 11.4. The Kier molecular flexibility index (Phi) is 4.95. The van der Waals surface area contributed by atoms with Gasteiger partial charge in [-0.1, -0.05) is 6.07 Å². The molecule has 1 saturated heterocycles. The Bertz CT molecular complexity index is 646. The number of piperidine rings is 1. The van der Waals surface area contributed by atoms with Crippen LogP contribution in [-0.2, 0) is 11.3 Å². The van der Waals surface area contributed by atoms with Gasteiger partial charge in [-0.25, -0.2) is 0 Å². The average Bonchev–Trinajstić information content (AvgIpc) is 2.49. The third-order valence-electron chi connectivity index (χ3n) is 4.35. The number of hydrogen-bond acceptors (Lipinski definition) is 5. The lowest BCUT2D eigenvalue weighted by Gasteiger charge is -2.36. The highest BCUT2D eigenvalue weighted by Gasteiger charge is 2.30. The van der Waals surface area contributed by atoms with Gasteiger partial charge in [0, 0.05) is 36.3 Å². The predicted octanol–water partition coefficient (Wildman–Crippen LogP) is 0.780. The Morgan fingerprint density at radius 2 is 2.04 bits per heavy atom. The van der Waals surface area contributed by atoms with Crippen molar-refractivity contribution in [2.45, 2.75) is 32.4 Å². The summed E-state index contributed by atoms with van der Waals surface area (Å²) in [6.07, 6.45) is 1.54. The molecule has 23 heavy (non-hydrogen) atoms. The first kappa shape index (κ1) is 16.9. The van der Waals surface area contributed by atoms with Crippen LogP contribution in [0.25, 0.3) is 0 Å². The van der Waals surface area contributed by atoms with Gasteiger partial charge in [-0.05, 0) is 25.8 Å². The van der Waals surface area contributed by atoms with E-state index in [0.29, 0.717) is 18.7 Å². The van der Waals surface area contributed by atoms with Crippen LogP contribution >= 0.6 is 0 Å². The van der Waals surface area contributed by atoms with Crippen LogP contribution in [-0.4, -0.2) is 34.2 Å². The highest BCUT2D eigenvalue weighted by molar-refractivity contribution is 5.93. The fourth-order valence-electron chi connectivity index (χ4n) is 2.87. The van der Waals surface area contributed by atoms with E-state index in [0.717, 1.165) is 12.8 Å². The number of nitrogens with two attached hydrogens (primary N) is 2. The quantitative estimate of drug-likeness (QED) is 0.611. The summed E-state index contributed by atoms with van der Waals surface area (Å²) in [5.74, 6) is -1.30. The number of carbonyl (C=O) groups excluding carboxylic acids is 2. The van der Waals surface area contributed by atoms with Crippen molar-refractivity contribution in [3.05, 3.63) is 39.4 Å². The van der Waals surface area contributed by atoms with Crippen LogP contribution in [0, 0.1) is 16.0 Å². The van der Waals surface area contributed by atoms with Crippen molar-refractivity contribution >= 4 is 17.5 Å². The second-order valence-electron chi connectivity index (χ2n) is 5.92. The molecule has 0 aliphatic carbocycles. The molecule has 1 aliphatic rings. The topological polar surface area (TPSA) is 133 Å². The molecule has 1 fully saturated rings. The van der Waals surface area contributed by atoms with E-state index in [4.69, 9.17) is 11.5 Å². The van der Waals surface area contributed by atoms with Gasteiger partial charge >= 0.3 is 0 Å². The normalized spacial score (nSPS) is 21.8. The Morgan fingerprint density at radius 3 is 2.61 bits per heavy atom. The van der Waals surface area contributed by atoms with E-state index < -0.39 is 10.8 Å². The predicted molar refractivity (Wildman–Crippen MR) is 83.4 cm³/mol. The van der Waals surface area contributed by atoms with Crippen molar-refractivity contribution in [3.8, 4) is 0 Å². The van der Waals surface area contributed by atoms with Gasteiger partial charge in [0.25, 0.3) is 5.69 Å². The molecule has 1 aromatic carbocycles. The minimum Gasteiger partial charge on any atom is -0.369 e. The van der Waals surface area contributed by atoms with E-state index >= 15 is 0 Å². The number of hydrogen-bond donors (Lipinski definition) is 2. The molecule has 0 saturated carbocycles. The number of rotatable bonds is 5. The SMILES string of the molecule is C[C@H]1CC[C@H](C(N)=O)CN1Cc1ccc(C(N)=O)cc1[N+](=O)[O-]. The average molecular weight is 320 g/mol. The van der Waals surface area contributed by atoms with Crippen LogP contribution in [0.15, 0.2) is 18.2 Å². The maximum Gasteiger partial charge on any atom is 0.274 e. The number of nitrogens with zero attached hydrogens (tertiary/aromatic N) is 2. The van der Waals surface area contributed by atoms with E-state index in [9.17, 15) is 19.7 Å². The first-order valence-corrected chi connectivity index (χ1v) is 7.40. The van der Waals surface area contributed by atoms with E-state index in [2.05, 4.69) is 0 Å². The highest BCUT2D eigenvalue weighted by Crippen LogP contribution is 2.27. The first-order valence-electron chi connectivity index (χ1n) is 7.40. The molecule has 124 valence electrons. The Labute approximate surface area is 133 Å². The van der Waals surface area contributed by atoms with Crippen LogP contribution in [0.5, 0.6) is 0 Å². The molecule has 0 aromatic heterocycles. The number of primary amides is 2. The summed E-state index contributed by atoms with van der Waals surface area (Å²) in [7, 11) is 0. The minimum atomic E-state index is -0.709. The van der Waals surface area contributed by atoms with Crippen molar-refractivity contribution in [2.24, 2.45) is 17.4 Å². The molecule has 1 aromatic rings. The van der Waals surface area contributed by atoms with Gasteiger partial charge < -0.3 is 11.5 Å². The molecule has 1 aliphatic heterocycles. The first-order chi connectivity index (χ1) is 10.8. The van der Waals surface area contributed by atoms with Gasteiger partial charge in [0.1, 0.15) is 0 Å². The summed E-state index contributed by atoms with van der Waals surface area (Å²) in [5, 5.41) is 11.3. The molecule has 2 atom stereocenters. The van der Waals surface area contributed by atoms with Gasteiger partial charge in [0.05, 0.1) is 10.8 Å². The van der Waals surface area contributed by atoms with Gasteiger partial charge in [0.2, 0.25) is 11.8 Å². The van der Waals surface area contributed by atoms with Crippen LogP contribution in [0.1, 0.15) is 35.7 Å². The fraction of sp³-hybridized carbons (Fsp3) is 0.467. The molecule has 0 bridgehead atoms. The van der Waals surface area contributed by atoms with Gasteiger partial charge in [-0.15, -0.1) is 0 Å². The number of benzene rings is 1. The summed E-state index contributed by atoms with van der Waals surface area (Å²) in [4.78, 5) is 35.3. The van der Waals surface area contributed by atoms with Gasteiger partial charge in [0.15, 0.2) is 0 Å². The van der Waals surface area contributed by atoms with E-state index in [-0.39, 0.29) is 29.1 Å². The molecular weight excluding hydrogens is 300 g/mol. The molecular formula is C15H20N4O4. The van der Waals surface area contributed by atoms with Gasteiger partial charge in [-0.2, -0.15) is 0 Å². The van der Waals surface area contributed by atoms with Crippen molar-refractivity contribution in [2.75, 3.05) is 6.54 Å². The fourth-order valence-corrected chi connectivity index (χ4v) is 2.87. The lowest BCUT2D eigenvalue weighted by atomic mass is 9.92. The number of likely N-dealkylation sites (tertiary alicyclic amines) is 1. The van der Waals surface area contributed by atoms with Crippen LogP contribution in [0.3, 0.4) is 0 Å². The lowest BCUT2D eigenvalue weighted by Crippen LogP contribution is -2.45. The zero-order valence-electron chi connectivity index (χ0n) is 12.9. The third kappa shape index (κ3) is 3.84. The summed E-state index contributed by atoms with van der Waals surface area (Å²) in [6, 6.07) is 4.41. The molecule has 0 spiro atoms. The van der Waals surface area contributed by atoms with E-state index in [1.54, 1.807) is 6.07 Å². The summed E-state index contributed by atoms with van der Waals surface area (Å²) >= 11 is 0. The molecule has 1 heterocycles. The van der Waals surface area contributed by atoms with Crippen LogP contribution < -0.4 is 11.5 Å². The van der Waals surface area contributed by atoms with Crippen LogP contribution in [0.4, 0.5) is 5.69 Å². The molecule has 0 radical (unpaired) electrons. The van der Waals surface area contributed by atoms with E-state index in [1.165, 1.54) is 12.1 Å². The summed E-state index contributed by atoms with van der Waals surface area (Å²) in [5.41, 5.74) is 11.0. The van der Waals surface area contributed by atoms with Crippen molar-refractivity contribution in [1.29, 1.82) is 0 Å². The molecule has 2 amide bonds. The number of nitro groups is 1. The zero-order valence-corrected chi connectivity index (χ0v) is 12.9. The molecule has 0 unspecified atom stereocenters. The van der Waals surface area contributed by atoms with Gasteiger partial charge in [-0.3, -0.25) is 24.6 Å². The number of carbonyl (C=O) groups is 2. The van der Waals surface area contributed by atoms with Crippen LogP contribution in [0.2, 0.25) is 0 Å². The standard InChI is InChI=1S/C15H20N4O4/c1-9-2-3-12(15(17)21)8-18(9)7-11-5-4-10(14(16)20)6-13(11)19(22)23/h4-6,9,12H,2-3,7-8H2,1H3,(H2,16,20)(H2,17,21)/t9-,12-/m0/s1. The van der Waals surface area contributed by atoms with Crippen molar-refractivity contribution in [3.63, 3.8) is 0 Å². The Balaban J connectivity index is 2.26. The largest absolute Gasteiger partial charge is 0.369 e. The van der Waals surface area contributed by atoms with E-state index in [1.807, 2.05) is 11.8 Å². The molecule has 4 N–H and O–H groups in total. The monoisotopic (exact) mass is 320 g/mol. The smallest absolute Gasteiger partial charge is 0.274 e. The zero-order chi connectivity index (χ0) is 17.1. The lowest BCUT2D eigenvalue weighted by molar-refractivity contribution is -0.385. The summed E-state index contributed by atoms with van der Waals surface area (Å²) < 4.78 is 0. The molecule has 8 nitrogen and oxygen atoms in total. The molecule has 2 rings (SSSR count). The second kappa shape index (κ2) is 6.74. The minimum absolute atomic E-state index is 0.0992. The Morgan fingerprint density at radius 1 is 1.35 bits per heavy atom. The van der Waals surface area contributed by atoms with Crippen molar-refractivity contribution in [1.82, 2.24) is 4.90 Å². The third-order valence-corrected chi connectivity index (χ3v) is 4.35. The second-order valence-corrected chi connectivity index (χ2v) is 5.92. The number of nitro benzene ring substituents is 1. The Hall–Kier alpha value is -2.48. The van der Waals surface area contributed by atoms with Crippen molar-refractivity contribution < 1.29 is 14.5 Å². The molecule has 8 heteroatoms. The summed E-state index contributed by atoms with van der Waals surface area (Å²) in [6.45, 7) is 2.81. The number of amides is 2. The maximum absolute atomic E-state index is 11.4.